The molecule has 2 N–H and O–H groups in total. The second-order valence-corrected chi connectivity index (χ2v) is 9.23. The minimum absolute atomic E-state index is 0.346. The summed E-state index contributed by atoms with van der Waals surface area (Å²) in [6, 6.07) is 9.42. The fourth-order valence-corrected chi connectivity index (χ4v) is 4.46. The van der Waals surface area contributed by atoms with Gasteiger partial charge in [-0.2, -0.15) is 0 Å². The first-order chi connectivity index (χ1) is 9.77. The summed E-state index contributed by atoms with van der Waals surface area (Å²) in [6.07, 6.45) is 3.71. The van der Waals surface area contributed by atoms with Crippen LogP contribution >= 0.6 is 11.8 Å². The second kappa shape index (κ2) is 6.75. The van der Waals surface area contributed by atoms with E-state index in [9.17, 15) is 0 Å². The van der Waals surface area contributed by atoms with Gasteiger partial charge in [-0.25, -0.2) is 0 Å². The quantitative estimate of drug-likeness (QED) is 0.804. The highest BCUT2D eigenvalue weighted by atomic mass is 32.2. The van der Waals surface area contributed by atoms with Crippen LogP contribution in [0.1, 0.15) is 65.4 Å². The fraction of sp³-hybridized carbons (Fsp3) is 0.684. The van der Waals surface area contributed by atoms with Crippen LogP contribution in [0.4, 0.5) is 0 Å². The van der Waals surface area contributed by atoms with E-state index in [-0.39, 0.29) is 0 Å². The summed E-state index contributed by atoms with van der Waals surface area (Å²) < 4.78 is 0. The molecule has 0 aromatic heterocycles. The predicted molar refractivity (Wildman–Crippen MR) is 94.9 cm³/mol. The standard InChI is InChI=1S/C19H31NS/c1-13(2)14-6-9-16(10-7-14)21-18-12-15(19(3,4)5)8-11-17(18)20/h6-7,9-10,13,15,17-18H,8,11-12,20H2,1-5H3. The summed E-state index contributed by atoms with van der Waals surface area (Å²) >= 11 is 1.99. The Bertz CT molecular complexity index is 444. The maximum absolute atomic E-state index is 6.39. The molecule has 0 amide bonds. The molecule has 21 heavy (non-hydrogen) atoms. The topological polar surface area (TPSA) is 26.0 Å². The molecule has 118 valence electrons. The van der Waals surface area contributed by atoms with E-state index in [1.165, 1.54) is 29.7 Å². The van der Waals surface area contributed by atoms with Gasteiger partial charge in [-0.1, -0.05) is 46.8 Å². The normalized spacial score (nSPS) is 27.1. The fourth-order valence-electron chi connectivity index (χ4n) is 3.18. The molecule has 1 aliphatic rings. The van der Waals surface area contributed by atoms with Crippen molar-refractivity contribution < 1.29 is 0 Å². The van der Waals surface area contributed by atoms with Crippen LogP contribution < -0.4 is 5.73 Å². The van der Waals surface area contributed by atoms with E-state index in [2.05, 4.69) is 58.9 Å². The lowest BCUT2D eigenvalue weighted by molar-refractivity contribution is 0.174. The lowest BCUT2D eigenvalue weighted by Gasteiger charge is -2.40. The van der Waals surface area contributed by atoms with E-state index >= 15 is 0 Å². The SMILES string of the molecule is CC(C)c1ccc(SC2CC(C(C)(C)C)CCC2N)cc1. The number of rotatable bonds is 3. The van der Waals surface area contributed by atoms with Crippen molar-refractivity contribution in [3.63, 3.8) is 0 Å². The number of benzene rings is 1. The van der Waals surface area contributed by atoms with Crippen molar-refractivity contribution in [1.82, 2.24) is 0 Å². The molecule has 0 spiro atoms. The van der Waals surface area contributed by atoms with E-state index in [1.54, 1.807) is 0 Å². The first-order valence-corrected chi connectivity index (χ1v) is 9.17. The van der Waals surface area contributed by atoms with E-state index in [4.69, 9.17) is 5.73 Å². The zero-order chi connectivity index (χ0) is 15.6. The van der Waals surface area contributed by atoms with Crippen LogP contribution in [0.3, 0.4) is 0 Å². The Hall–Kier alpha value is -0.470. The zero-order valence-electron chi connectivity index (χ0n) is 14.2. The van der Waals surface area contributed by atoms with Gasteiger partial charge < -0.3 is 5.73 Å². The van der Waals surface area contributed by atoms with Gasteiger partial charge in [-0.15, -0.1) is 11.8 Å². The Labute approximate surface area is 135 Å². The number of hydrogen-bond acceptors (Lipinski definition) is 2. The van der Waals surface area contributed by atoms with Crippen LogP contribution in [0.2, 0.25) is 0 Å². The van der Waals surface area contributed by atoms with E-state index in [0.29, 0.717) is 22.6 Å². The summed E-state index contributed by atoms with van der Waals surface area (Å²) in [6.45, 7) is 11.6. The van der Waals surface area contributed by atoms with Crippen LogP contribution in [0.5, 0.6) is 0 Å². The van der Waals surface area contributed by atoms with Crippen LogP contribution in [0.15, 0.2) is 29.2 Å². The summed E-state index contributed by atoms with van der Waals surface area (Å²) in [5.74, 6) is 1.40. The van der Waals surface area contributed by atoms with E-state index in [1.807, 2.05) is 11.8 Å². The van der Waals surface area contributed by atoms with Gasteiger partial charge in [0.1, 0.15) is 0 Å². The smallest absolute Gasteiger partial charge is 0.0249 e. The molecule has 1 aromatic rings. The monoisotopic (exact) mass is 305 g/mol. The third-order valence-corrected chi connectivity index (χ3v) is 6.29. The third-order valence-electron chi connectivity index (χ3n) is 4.90. The Kier molecular flexibility index (Phi) is 5.43. The van der Waals surface area contributed by atoms with Gasteiger partial charge in [-0.05, 0) is 54.2 Å². The maximum Gasteiger partial charge on any atom is 0.0249 e. The van der Waals surface area contributed by atoms with Crippen LogP contribution in [0, 0.1) is 11.3 Å². The van der Waals surface area contributed by atoms with Gasteiger partial charge >= 0.3 is 0 Å². The summed E-state index contributed by atoms with van der Waals surface area (Å²) in [7, 11) is 0. The molecule has 1 fully saturated rings. The van der Waals surface area contributed by atoms with Gasteiger partial charge in [0.15, 0.2) is 0 Å². The van der Waals surface area contributed by atoms with Gasteiger partial charge in [0, 0.05) is 16.2 Å². The minimum atomic E-state index is 0.346. The molecule has 1 aliphatic carbocycles. The van der Waals surface area contributed by atoms with Crippen molar-refractivity contribution in [3.05, 3.63) is 29.8 Å². The van der Waals surface area contributed by atoms with Crippen LogP contribution in [-0.4, -0.2) is 11.3 Å². The summed E-state index contributed by atoms with van der Waals surface area (Å²) in [4.78, 5) is 1.37. The van der Waals surface area contributed by atoms with E-state index < -0.39 is 0 Å². The molecule has 0 saturated heterocycles. The molecule has 3 atom stereocenters. The Morgan fingerprint density at radius 2 is 1.71 bits per heavy atom. The molecule has 1 nitrogen and oxygen atoms in total. The molecule has 3 unspecified atom stereocenters. The largest absolute Gasteiger partial charge is 0.327 e. The van der Waals surface area contributed by atoms with Crippen molar-refractivity contribution in [2.24, 2.45) is 17.1 Å². The molecule has 0 bridgehead atoms. The summed E-state index contributed by atoms with van der Waals surface area (Å²) in [5, 5.41) is 0.563. The maximum atomic E-state index is 6.39. The van der Waals surface area contributed by atoms with Gasteiger partial charge in [0.2, 0.25) is 0 Å². The van der Waals surface area contributed by atoms with Crippen molar-refractivity contribution in [2.75, 3.05) is 0 Å². The third kappa shape index (κ3) is 4.50. The molecule has 0 aliphatic heterocycles. The Balaban J connectivity index is 2.03. The van der Waals surface area contributed by atoms with Gasteiger partial charge in [-0.3, -0.25) is 0 Å². The van der Waals surface area contributed by atoms with Gasteiger partial charge in [0.05, 0.1) is 0 Å². The second-order valence-electron chi connectivity index (χ2n) is 7.92. The Morgan fingerprint density at radius 3 is 2.24 bits per heavy atom. The van der Waals surface area contributed by atoms with Gasteiger partial charge in [0.25, 0.3) is 0 Å². The van der Waals surface area contributed by atoms with Crippen molar-refractivity contribution >= 4 is 11.8 Å². The average molecular weight is 306 g/mol. The molecule has 1 saturated carbocycles. The number of hydrogen-bond donors (Lipinski definition) is 1. The van der Waals surface area contributed by atoms with Crippen molar-refractivity contribution in [1.29, 1.82) is 0 Å². The lowest BCUT2D eigenvalue weighted by Crippen LogP contribution is -2.41. The molecule has 0 heterocycles. The van der Waals surface area contributed by atoms with E-state index in [0.717, 1.165) is 5.92 Å². The highest BCUT2D eigenvalue weighted by Gasteiger charge is 2.34. The van der Waals surface area contributed by atoms with Crippen LogP contribution in [-0.2, 0) is 0 Å². The lowest BCUT2D eigenvalue weighted by atomic mass is 9.71. The number of nitrogens with two attached hydrogens (primary N) is 1. The minimum Gasteiger partial charge on any atom is -0.327 e. The zero-order valence-corrected chi connectivity index (χ0v) is 15.0. The molecule has 2 rings (SSSR count). The Morgan fingerprint density at radius 1 is 1.10 bits per heavy atom. The highest BCUT2D eigenvalue weighted by Crippen LogP contribution is 2.42. The molecule has 1 aromatic carbocycles. The highest BCUT2D eigenvalue weighted by molar-refractivity contribution is 8.00. The van der Waals surface area contributed by atoms with Crippen molar-refractivity contribution in [2.45, 2.75) is 76.0 Å². The first kappa shape index (κ1) is 16.9. The molecular formula is C19H31NS. The summed E-state index contributed by atoms with van der Waals surface area (Å²) in [5.41, 5.74) is 8.21. The van der Waals surface area contributed by atoms with Crippen LogP contribution in [0.25, 0.3) is 0 Å². The molecule has 0 radical (unpaired) electrons. The molecule has 2 heteroatoms. The predicted octanol–water partition coefficient (Wildman–Crippen LogP) is 5.44. The first-order valence-electron chi connectivity index (χ1n) is 8.29. The van der Waals surface area contributed by atoms with Crippen molar-refractivity contribution in [3.8, 4) is 0 Å². The molecular weight excluding hydrogens is 274 g/mol. The average Bonchev–Trinajstić information content (AvgIpc) is 2.40. The number of thioether (sulfide) groups is 1.